The molecule has 2 aromatic rings. The van der Waals surface area contributed by atoms with Gasteiger partial charge in [0.2, 0.25) is 5.91 Å². The van der Waals surface area contributed by atoms with Crippen molar-refractivity contribution in [3.8, 4) is 0 Å². The molecular formula is C20H25N3OS. The lowest BCUT2D eigenvalue weighted by atomic mass is 10.1. The van der Waals surface area contributed by atoms with Gasteiger partial charge in [-0.25, -0.2) is 0 Å². The number of unbranched alkanes of at least 4 members (excludes halogenated alkanes) is 3. The Labute approximate surface area is 155 Å². The molecule has 0 aromatic heterocycles. The second-order valence-corrected chi connectivity index (χ2v) is 6.29. The molecule has 0 unspecified atom stereocenters. The number of hydrogen-bond donors (Lipinski definition) is 3. The zero-order valence-corrected chi connectivity index (χ0v) is 15.4. The van der Waals surface area contributed by atoms with E-state index in [4.69, 9.17) is 12.2 Å². The number of thiocarbonyl (C=S) groups is 1. The smallest absolute Gasteiger partial charge is 0.226 e. The van der Waals surface area contributed by atoms with Gasteiger partial charge in [0, 0.05) is 23.5 Å². The molecule has 0 aliphatic carbocycles. The van der Waals surface area contributed by atoms with Crippen LogP contribution in [0.5, 0.6) is 0 Å². The van der Waals surface area contributed by atoms with Crippen LogP contribution < -0.4 is 16.0 Å². The molecule has 0 aliphatic heterocycles. The van der Waals surface area contributed by atoms with Gasteiger partial charge in [0.05, 0.1) is 0 Å². The highest BCUT2D eigenvalue weighted by molar-refractivity contribution is 7.80. The maximum absolute atomic E-state index is 11.8. The molecule has 4 nitrogen and oxygen atoms in total. The molecule has 0 aliphatic rings. The van der Waals surface area contributed by atoms with Crippen LogP contribution in [0.15, 0.2) is 54.6 Å². The van der Waals surface area contributed by atoms with E-state index < -0.39 is 0 Å². The van der Waals surface area contributed by atoms with Crippen molar-refractivity contribution in [1.82, 2.24) is 5.32 Å². The molecule has 0 fully saturated rings. The van der Waals surface area contributed by atoms with Gasteiger partial charge >= 0.3 is 0 Å². The van der Waals surface area contributed by atoms with Gasteiger partial charge in [-0.2, -0.15) is 0 Å². The van der Waals surface area contributed by atoms with Gasteiger partial charge in [0.25, 0.3) is 0 Å². The normalized spacial score (nSPS) is 10.1. The fraction of sp³-hybridized carbons (Fsp3) is 0.300. The number of benzene rings is 2. The molecule has 0 radical (unpaired) electrons. The molecule has 2 aromatic carbocycles. The highest BCUT2D eigenvalue weighted by Crippen LogP contribution is 2.18. The Morgan fingerprint density at radius 2 is 1.52 bits per heavy atom. The van der Waals surface area contributed by atoms with E-state index in [0.717, 1.165) is 36.3 Å². The van der Waals surface area contributed by atoms with E-state index in [0.29, 0.717) is 11.5 Å². The summed E-state index contributed by atoms with van der Waals surface area (Å²) in [5.74, 6) is -0.0315. The molecule has 2 rings (SSSR count). The van der Waals surface area contributed by atoms with Crippen molar-refractivity contribution in [2.45, 2.75) is 39.0 Å². The number of anilines is 3. The fourth-order valence-electron chi connectivity index (χ4n) is 2.39. The molecule has 0 saturated carbocycles. The number of para-hydroxylation sites is 1. The van der Waals surface area contributed by atoms with Crippen molar-refractivity contribution >= 4 is 40.3 Å². The quantitative estimate of drug-likeness (QED) is 0.449. The van der Waals surface area contributed by atoms with Crippen molar-refractivity contribution in [2.75, 3.05) is 10.6 Å². The summed E-state index contributed by atoms with van der Waals surface area (Å²) in [6, 6.07) is 17.8. The summed E-state index contributed by atoms with van der Waals surface area (Å²) in [6.45, 7) is 2.15. The summed E-state index contributed by atoms with van der Waals surface area (Å²) in [7, 11) is 0. The number of hydrogen-bond acceptors (Lipinski definition) is 3. The molecule has 5 heteroatoms. The van der Waals surface area contributed by atoms with E-state index >= 15 is 0 Å². The molecule has 0 atom stereocenters. The summed E-state index contributed by atoms with van der Waals surface area (Å²) < 4.78 is 0. The average molecular weight is 356 g/mol. The van der Waals surface area contributed by atoms with Crippen LogP contribution in [0.2, 0.25) is 0 Å². The second kappa shape index (κ2) is 10.5. The summed E-state index contributed by atoms with van der Waals surface area (Å²) in [5.41, 5.74) is 2.87. The molecule has 3 N–H and O–H groups in total. The fourth-order valence-corrected chi connectivity index (χ4v) is 2.62. The first kappa shape index (κ1) is 18.9. The van der Waals surface area contributed by atoms with Gasteiger partial charge < -0.3 is 16.0 Å². The lowest BCUT2D eigenvalue weighted by molar-refractivity contribution is -0.119. The minimum Gasteiger partial charge on any atom is -0.356 e. The maximum atomic E-state index is 11.8. The van der Waals surface area contributed by atoms with Crippen LogP contribution in [-0.2, 0) is 4.79 Å². The summed E-state index contributed by atoms with van der Waals surface area (Å²) >= 11 is 5.19. The van der Waals surface area contributed by atoms with Crippen molar-refractivity contribution < 1.29 is 4.79 Å². The maximum Gasteiger partial charge on any atom is 0.226 e. The Hall–Kier alpha value is -2.40. The highest BCUT2D eigenvalue weighted by Gasteiger charge is 2.05. The van der Waals surface area contributed by atoms with Crippen LogP contribution >= 0.6 is 12.2 Å². The first-order valence-corrected chi connectivity index (χ1v) is 9.11. The zero-order chi connectivity index (χ0) is 17.9. The monoisotopic (exact) mass is 355 g/mol. The predicted molar refractivity (Wildman–Crippen MR) is 109 cm³/mol. The molecule has 132 valence electrons. The average Bonchev–Trinajstić information content (AvgIpc) is 2.61. The van der Waals surface area contributed by atoms with Crippen LogP contribution in [-0.4, -0.2) is 11.0 Å². The van der Waals surface area contributed by atoms with Crippen molar-refractivity contribution in [1.29, 1.82) is 0 Å². The van der Waals surface area contributed by atoms with Crippen LogP contribution in [0.3, 0.4) is 0 Å². The summed E-state index contributed by atoms with van der Waals surface area (Å²) in [6.07, 6.45) is 4.83. The molecule has 0 spiro atoms. The third-order valence-corrected chi connectivity index (χ3v) is 3.92. The predicted octanol–water partition coefficient (Wildman–Crippen LogP) is 5.21. The minimum absolute atomic E-state index is 0.0315. The summed E-state index contributed by atoms with van der Waals surface area (Å²) in [4.78, 5) is 11.8. The lowest BCUT2D eigenvalue weighted by Gasteiger charge is -2.11. The van der Waals surface area contributed by atoms with E-state index in [1.807, 2.05) is 54.6 Å². The first-order valence-electron chi connectivity index (χ1n) is 8.70. The van der Waals surface area contributed by atoms with Gasteiger partial charge in [-0.1, -0.05) is 44.4 Å². The molecular weight excluding hydrogens is 330 g/mol. The largest absolute Gasteiger partial charge is 0.356 e. The van der Waals surface area contributed by atoms with Crippen molar-refractivity contribution in [2.24, 2.45) is 0 Å². The molecule has 25 heavy (non-hydrogen) atoms. The Morgan fingerprint density at radius 1 is 0.880 bits per heavy atom. The van der Waals surface area contributed by atoms with E-state index in [2.05, 4.69) is 22.9 Å². The Kier molecular flexibility index (Phi) is 7.92. The number of nitrogens with one attached hydrogen (secondary N) is 3. The van der Waals surface area contributed by atoms with Crippen molar-refractivity contribution in [3.63, 3.8) is 0 Å². The highest BCUT2D eigenvalue weighted by atomic mass is 32.1. The second-order valence-electron chi connectivity index (χ2n) is 5.88. The van der Waals surface area contributed by atoms with Crippen LogP contribution in [0.4, 0.5) is 17.1 Å². The van der Waals surface area contributed by atoms with Crippen LogP contribution in [0.1, 0.15) is 39.0 Å². The summed E-state index contributed by atoms with van der Waals surface area (Å²) in [5, 5.41) is 9.42. The van der Waals surface area contributed by atoms with E-state index in [1.54, 1.807) is 0 Å². The topological polar surface area (TPSA) is 53.2 Å². The van der Waals surface area contributed by atoms with Gasteiger partial charge in [-0.15, -0.1) is 0 Å². The Bertz CT molecular complexity index is 671. The molecule has 0 saturated heterocycles. The molecule has 0 heterocycles. The number of carbonyl (C=O) groups excluding carboxylic acids is 1. The van der Waals surface area contributed by atoms with Gasteiger partial charge in [0.15, 0.2) is 5.11 Å². The van der Waals surface area contributed by atoms with E-state index in [1.165, 1.54) is 6.42 Å². The Morgan fingerprint density at radius 3 is 2.20 bits per heavy atom. The lowest BCUT2D eigenvalue weighted by Crippen LogP contribution is -2.33. The SMILES string of the molecule is CCCCCCC(=O)NC(=S)Nc1ccc(Nc2ccccc2)cc1. The van der Waals surface area contributed by atoms with Gasteiger partial charge in [-0.3, -0.25) is 4.79 Å². The minimum atomic E-state index is -0.0315. The third-order valence-electron chi connectivity index (χ3n) is 3.72. The third kappa shape index (κ3) is 7.35. The number of carbonyl (C=O) groups is 1. The van der Waals surface area contributed by atoms with Gasteiger partial charge in [-0.05, 0) is 55.0 Å². The zero-order valence-electron chi connectivity index (χ0n) is 14.5. The van der Waals surface area contributed by atoms with Crippen molar-refractivity contribution in [3.05, 3.63) is 54.6 Å². The number of rotatable bonds is 8. The number of amides is 1. The van der Waals surface area contributed by atoms with E-state index in [-0.39, 0.29) is 5.91 Å². The first-order chi connectivity index (χ1) is 12.2. The Balaban J connectivity index is 1.76. The van der Waals surface area contributed by atoms with Crippen LogP contribution in [0, 0.1) is 0 Å². The van der Waals surface area contributed by atoms with Gasteiger partial charge in [0.1, 0.15) is 0 Å². The molecule has 1 amide bonds. The van der Waals surface area contributed by atoms with Crippen LogP contribution in [0.25, 0.3) is 0 Å². The standard InChI is InChI=1S/C20H25N3OS/c1-2-3-4-8-11-19(24)23-20(25)22-18-14-12-17(13-15-18)21-16-9-6-5-7-10-16/h5-7,9-10,12-15,21H,2-4,8,11H2,1H3,(H2,22,23,24,25). The van der Waals surface area contributed by atoms with E-state index in [9.17, 15) is 4.79 Å². The molecule has 0 bridgehead atoms.